The standard InChI is InChI=1S/C17H28N4S2/c1-20-11-13-21(14-12-20)10-5-8-18-17(22)19-9-15-23-16-6-3-2-4-7-16/h2-4,6-7H,5,8-15H2,1H3,(H2,18,19,22). The van der Waals surface area contributed by atoms with E-state index in [2.05, 4.69) is 51.7 Å². The Morgan fingerprint density at radius 1 is 1.09 bits per heavy atom. The zero-order valence-corrected chi connectivity index (χ0v) is 15.6. The van der Waals surface area contributed by atoms with Crippen LogP contribution in [0.15, 0.2) is 35.2 Å². The summed E-state index contributed by atoms with van der Waals surface area (Å²) in [6.07, 6.45) is 1.14. The van der Waals surface area contributed by atoms with Crippen LogP contribution < -0.4 is 10.6 Å². The number of piperazine rings is 1. The minimum atomic E-state index is 0.775. The molecule has 2 N–H and O–H groups in total. The summed E-state index contributed by atoms with van der Waals surface area (Å²) in [5.74, 6) is 1.02. The van der Waals surface area contributed by atoms with E-state index in [9.17, 15) is 0 Å². The van der Waals surface area contributed by atoms with Crippen LogP contribution in [-0.4, -0.2) is 73.5 Å². The molecular formula is C17H28N4S2. The Labute approximate surface area is 150 Å². The largest absolute Gasteiger partial charge is 0.363 e. The number of hydrogen-bond donors (Lipinski definition) is 2. The normalized spacial score (nSPS) is 16.2. The monoisotopic (exact) mass is 352 g/mol. The molecule has 0 aliphatic carbocycles. The van der Waals surface area contributed by atoms with Gasteiger partial charge in [-0.1, -0.05) is 18.2 Å². The van der Waals surface area contributed by atoms with Crippen molar-refractivity contribution in [3.63, 3.8) is 0 Å². The summed E-state index contributed by atoms with van der Waals surface area (Å²) < 4.78 is 0. The molecule has 1 aromatic rings. The highest BCUT2D eigenvalue weighted by atomic mass is 32.2. The van der Waals surface area contributed by atoms with Gasteiger partial charge >= 0.3 is 0 Å². The Morgan fingerprint density at radius 2 is 1.78 bits per heavy atom. The summed E-state index contributed by atoms with van der Waals surface area (Å²) in [7, 11) is 2.19. The van der Waals surface area contributed by atoms with Gasteiger partial charge in [-0.2, -0.15) is 0 Å². The third-order valence-electron chi connectivity index (χ3n) is 3.93. The molecule has 6 heteroatoms. The van der Waals surface area contributed by atoms with Crippen molar-refractivity contribution in [2.45, 2.75) is 11.3 Å². The molecule has 0 unspecified atom stereocenters. The topological polar surface area (TPSA) is 30.5 Å². The lowest BCUT2D eigenvalue weighted by Crippen LogP contribution is -2.45. The lowest BCUT2D eigenvalue weighted by Gasteiger charge is -2.32. The van der Waals surface area contributed by atoms with Gasteiger partial charge in [-0.05, 0) is 44.4 Å². The van der Waals surface area contributed by atoms with E-state index in [4.69, 9.17) is 12.2 Å². The van der Waals surface area contributed by atoms with Gasteiger partial charge in [0.2, 0.25) is 0 Å². The molecule has 1 aliphatic rings. The van der Waals surface area contributed by atoms with Crippen LogP contribution in [0.2, 0.25) is 0 Å². The van der Waals surface area contributed by atoms with Crippen molar-refractivity contribution in [3.8, 4) is 0 Å². The molecule has 0 aromatic heterocycles. The molecule has 4 nitrogen and oxygen atoms in total. The fourth-order valence-electron chi connectivity index (χ4n) is 2.49. The van der Waals surface area contributed by atoms with Crippen molar-refractivity contribution in [1.82, 2.24) is 20.4 Å². The first-order chi connectivity index (χ1) is 11.2. The summed E-state index contributed by atoms with van der Waals surface area (Å²) in [6, 6.07) is 10.5. The maximum atomic E-state index is 5.32. The Kier molecular flexibility index (Phi) is 8.74. The molecule has 0 amide bonds. The van der Waals surface area contributed by atoms with E-state index in [1.54, 1.807) is 0 Å². The minimum Gasteiger partial charge on any atom is -0.363 e. The Balaban J connectivity index is 1.44. The summed E-state index contributed by atoms with van der Waals surface area (Å²) >= 11 is 7.17. The number of rotatable bonds is 8. The maximum Gasteiger partial charge on any atom is 0.166 e. The van der Waals surface area contributed by atoms with E-state index in [0.717, 1.165) is 36.9 Å². The third-order valence-corrected chi connectivity index (χ3v) is 5.23. The van der Waals surface area contributed by atoms with Gasteiger partial charge in [-0.25, -0.2) is 0 Å². The predicted molar refractivity (Wildman–Crippen MR) is 104 cm³/mol. The molecular weight excluding hydrogens is 324 g/mol. The fourth-order valence-corrected chi connectivity index (χ4v) is 3.48. The van der Waals surface area contributed by atoms with Gasteiger partial charge in [0, 0.05) is 49.9 Å². The molecule has 1 aromatic carbocycles. The van der Waals surface area contributed by atoms with E-state index in [0.29, 0.717) is 0 Å². The van der Waals surface area contributed by atoms with Crippen LogP contribution in [0.5, 0.6) is 0 Å². The molecule has 128 valence electrons. The van der Waals surface area contributed by atoms with Crippen molar-refractivity contribution in [1.29, 1.82) is 0 Å². The van der Waals surface area contributed by atoms with Crippen molar-refractivity contribution >= 4 is 29.1 Å². The zero-order valence-electron chi connectivity index (χ0n) is 14.0. The quantitative estimate of drug-likeness (QED) is 0.422. The van der Waals surface area contributed by atoms with Gasteiger partial charge in [0.1, 0.15) is 0 Å². The molecule has 0 saturated carbocycles. The second-order valence-electron chi connectivity index (χ2n) is 5.84. The summed E-state index contributed by atoms with van der Waals surface area (Å²) in [5, 5.41) is 7.36. The van der Waals surface area contributed by atoms with Crippen molar-refractivity contribution in [2.24, 2.45) is 0 Å². The van der Waals surface area contributed by atoms with Crippen molar-refractivity contribution in [2.75, 3.05) is 58.6 Å². The van der Waals surface area contributed by atoms with E-state index in [-0.39, 0.29) is 0 Å². The Bertz CT molecular complexity index is 447. The minimum absolute atomic E-state index is 0.775. The molecule has 2 rings (SSSR count). The second kappa shape index (κ2) is 10.9. The number of benzene rings is 1. The maximum absolute atomic E-state index is 5.32. The molecule has 1 heterocycles. The number of likely N-dealkylation sites (N-methyl/N-ethyl adjacent to an activating group) is 1. The van der Waals surface area contributed by atoms with Crippen LogP contribution >= 0.6 is 24.0 Å². The molecule has 0 radical (unpaired) electrons. The van der Waals surface area contributed by atoms with Crippen molar-refractivity contribution in [3.05, 3.63) is 30.3 Å². The van der Waals surface area contributed by atoms with E-state index >= 15 is 0 Å². The van der Waals surface area contributed by atoms with E-state index in [1.165, 1.54) is 31.1 Å². The highest BCUT2D eigenvalue weighted by Gasteiger charge is 2.12. The molecule has 1 saturated heterocycles. The van der Waals surface area contributed by atoms with Crippen LogP contribution in [0.1, 0.15) is 6.42 Å². The van der Waals surface area contributed by atoms with Crippen LogP contribution in [-0.2, 0) is 0 Å². The summed E-state index contributed by atoms with van der Waals surface area (Å²) in [5.41, 5.74) is 0. The molecule has 1 aliphatic heterocycles. The SMILES string of the molecule is CN1CCN(CCCNC(=S)NCCSc2ccccc2)CC1. The molecule has 23 heavy (non-hydrogen) atoms. The fraction of sp³-hybridized carbons (Fsp3) is 0.588. The smallest absolute Gasteiger partial charge is 0.166 e. The number of thiocarbonyl (C=S) groups is 1. The van der Waals surface area contributed by atoms with Gasteiger partial charge in [0.25, 0.3) is 0 Å². The van der Waals surface area contributed by atoms with Crippen molar-refractivity contribution < 1.29 is 0 Å². The Hall–Kier alpha value is -0.820. The lowest BCUT2D eigenvalue weighted by molar-refractivity contribution is 0.153. The number of thioether (sulfide) groups is 1. The van der Waals surface area contributed by atoms with E-state index < -0.39 is 0 Å². The van der Waals surface area contributed by atoms with Crippen LogP contribution in [0.25, 0.3) is 0 Å². The summed E-state index contributed by atoms with van der Waals surface area (Å²) in [4.78, 5) is 6.23. The average Bonchev–Trinajstić information content (AvgIpc) is 2.58. The molecule has 0 atom stereocenters. The summed E-state index contributed by atoms with van der Waals surface area (Å²) in [6.45, 7) is 7.76. The number of nitrogens with zero attached hydrogens (tertiary/aromatic N) is 2. The van der Waals surface area contributed by atoms with Gasteiger partial charge in [0.15, 0.2) is 5.11 Å². The predicted octanol–water partition coefficient (Wildman–Crippen LogP) is 1.88. The first kappa shape index (κ1) is 18.5. The number of nitrogens with one attached hydrogen (secondary N) is 2. The van der Waals surface area contributed by atoms with Gasteiger partial charge < -0.3 is 20.4 Å². The average molecular weight is 353 g/mol. The van der Waals surface area contributed by atoms with Gasteiger partial charge in [0.05, 0.1) is 0 Å². The molecule has 0 spiro atoms. The first-order valence-electron chi connectivity index (χ1n) is 8.34. The first-order valence-corrected chi connectivity index (χ1v) is 9.74. The van der Waals surface area contributed by atoms with Crippen LogP contribution in [0.3, 0.4) is 0 Å². The van der Waals surface area contributed by atoms with Gasteiger partial charge in [-0.3, -0.25) is 0 Å². The van der Waals surface area contributed by atoms with E-state index in [1.807, 2.05) is 17.8 Å². The van der Waals surface area contributed by atoms with Crippen LogP contribution in [0.4, 0.5) is 0 Å². The zero-order chi connectivity index (χ0) is 16.3. The highest BCUT2D eigenvalue weighted by Crippen LogP contribution is 2.15. The second-order valence-corrected chi connectivity index (χ2v) is 7.42. The molecule has 1 fully saturated rings. The highest BCUT2D eigenvalue weighted by molar-refractivity contribution is 7.99. The lowest BCUT2D eigenvalue weighted by atomic mass is 10.3. The number of hydrogen-bond acceptors (Lipinski definition) is 4. The van der Waals surface area contributed by atoms with Gasteiger partial charge in [-0.15, -0.1) is 11.8 Å². The third kappa shape index (κ3) is 8.01. The van der Waals surface area contributed by atoms with Crippen LogP contribution in [0, 0.1) is 0 Å². The Morgan fingerprint density at radius 3 is 2.52 bits per heavy atom. The molecule has 0 bridgehead atoms.